The Morgan fingerprint density at radius 1 is 1.12 bits per heavy atom. The van der Waals surface area contributed by atoms with Gasteiger partial charge in [0.2, 0.25) is 5.91 Å². The van der Waals surface area contributed by atoms with E-state index in [4.69, 9.17) is 5.73 Å². The van der Waals surface area contributed by atoms with Crippen LogP contribution in [0.2, 0.25) is 0 Å². The summed E-state index contributed by atoms with van der Waals surface area (Å²) in [6, 6.07) is 14.2. The lowest BCUT2D eigenvalue weighted by atomic mass is 9.96. The van der Waals surface area contributed by atoms with Crippen LogP contribution in [0.4, 0.5) is 10.1 Å². The molecule has 0 atom stereocenters. The number of halogens is 2. The van der Waals surface area contributed by atoms with E-state index in [-0.39, 0.29) is 24.1 Å². The van der Waals surface area contributed by atoms with Gasteiger partial charge in [-0.05, 0) is 36.1 Å². The molecule has 1 aliphatic rings. The molecule has 3 N–H and O–H groups in total. The number of nitrogens with zero attached hydrogens (tertiary/aromatic N) is 2. The average molecular weight is 373 g/mol. The summed E-state index contributed by atoms with van der Waals surface area (Å²) in [7, 11) is 0. The standard InChI is InChI=1S/C19H17FN4O.ClH/c20-16-7-3-4-8-17(16)24-12-15(11-22-24)23-18(25)19(21)9-13-5-1-2-6-14(13)10-19;/h1-8,11-12H,9-10,21H2,(H,23,25);1H. The fourth-order valence-corrected chi connectivity index (χ4v) is 3.22. The summed E-state index contributed by atoms with van der Waals surface area (Å²) in [5.41, 5.74) is 8.36. The van der Waals surface area contributed by atoms with Crippen molar-refractivity contribution >= 4 is 24.0 Å². The highest BCUT2D eigenvalue weighted by molar-refractivity contribution is 5.99. The minimum Gasteiger partial charge on any atom is -0.322 e. The quantitative estimate of drug-likeness (QED) is 0.742. The molecule has 0 fully saturated rings. The fourth-order valence-electron chi connectivity index (χ4n) is 3.22. The molecular formula is C19H18ClFN4O. The number of fused-ring (bicyclic) bond motifs is 1. The van der Waals surface area contributed by atoms with Crippen LogP contribution in [-0.2, 0) is 17.6 Å². The van der Waals surface area contributed by atoms with Crippen LogP contribution in [-0.4, -0.2) is 21.2 Å². The highest BCUT2D eigenvalue weighted by Crippen LogP contribution is 2.29. The van der Waals surface area contributed by atoms with Crippen molar-refractivity contribution in [2.75, 3.05) is 5.32 Å². The molecule has 7 heteroatoms. The molecule has 1 heterocycles. The maximum absolute atomic E-state index is 13.8. The van der Waals surface area contributed by atoms with Crippen molar-refractivity contribution < 1.29 is 9.18 Å². The molecule has 1 aliphatic carbocycles. The number of carbonyl (C=O) groups excluding carboxylic acids is 1. The van der Waals surface area contributed by atoms with E-state index >= 15 is 0 Å². The van der Waals surface area contributed by atoms with E-state index in [0.717, 1.165) is 11.1 Å². The highest BCUT2D eigenvalue weighted by Gasteiger charge is 2.40. The van der Waals surface area contributed by atoms with E-state index in [1.54, 1.807) is 24.4 Å². The first-order valence-corrected chi connectivity index (χ1v) is 8.02. The van der Waals surface area contributed by atoms with Gasteiger partial charge in [-0.2, -0.15) is 5.10 Å². The number of hydrogen-bond acceptors (Lipinski definition) is 3. The first kappa shape index (κ1) is 18.1. The van der Waals surface area contributed by atoms with Crippen LogP contribution in [0.3, 0.4) is 0 Å². The van der Waals surface area contributed by atoms with E-state index in [1.807, 2.05) is 24.3 Å². The largest absolute Gasteiger partial charge is 0.322 e. The van der Waals surface area contributed by atoms with Crippen LogP contribution < -0.4 is 11.1 Å². The van der Waals surface area contributed by atoms with Crippen molar-refractivity contribution in [1.82, 2.24) is 9.78 Å². The zero-order chi connectivity index (χ0) is 17.4. The van der Waals surface area contributed by atoms with Gasteiger partial charge in [0, 0.05) is 0 Å². The van der Waals surface area contributed by atoms with Gasteiger partial charge in [-0.3, -0.25) is 4.79 Å². The maximum atomic E-state index is 13.8. The first-order valence-electron chi connectivity index (χ1n) is 8.02. The Labute approximate surface area is 156 Å². The Hall–Kier alpha value is -2.70. The SMILES string of the molecule is Cl.NC1(C(=O)Nc2cnn(-c3ccccc3F)c2)Cc2ccccc2C1. The molecule has 2 aromatic carbocycles. The normalized spacial score (nSPS) is 14.4. The second-order valence-corrected chi connectivity index (χ2v) is 6.36. The predicted molar refractivity (Wildman–Crippen MR) is 100 cm³/mol. The lowest BCUT2D eigenvalue weighted by molar-refractivity contribution is -0.120. The summed E-state index contributed by atoms with van der Waals surface area (Å²) in [6.07, 6.45) is 4.05. The lowest BCUT2D eigenvalue weighted by Crippen LogP contribution is -2.52. The van der Waals surface area contributed by atoms with Gasteiger partial charge in [-0.25, -0.2) is 9.07 Å². The van der Waals surface area contributed by atoms with Crippen LogP contribution in [0.25, 0.3) is 5.69 Å². The Morgan fingerprint density at radius 2 is 1.73 bits per heavy atom. The third-order valence-electron chi connectivity index (χ3n) is 4.52. The van der Waals surface area contributed by atoms with Crippen LogP contribution in [0.5, 0.6) is 0 Å². The topological polar surface area (TPSA) is 72.9 Å². The lowest BCUT2D eigenvalue weighted by Gasteiger charge is -2.21. The molecule has 0 saturated carbocycles. The van der Waals surface area contributed by atoms with Gasteiger partial charge >= 0.3 is 0 Å². The molecule has 0 bridgehead atoms. The van der Waals surface area contributed by atoms with Gasteiger partial charge in [0.15, 0.2) is 0 Å². The third kappa shape index (κ3) is 3.21. The van der Waals surface area contributed by atoms with Crippen LogP contribution in [0.15, 0.2) is 60.9 Å². The van der Waals surface area contributed by atoms with Gasteiger partial charge in [0.05, 0.1) is 18.1 Å². The molecule has 0 spiro atoms. The summed E-state index contributed by atoms with van der Waals surface area (Å²) >= 11 is 0. The molecule has 1 amide bonds. The maximum Gasteiger partial charge on any atom is 0.245 e. The molecule has 5 nitrogen and oxygen atoms in total. The number of para-hydroxylation sites is 1. The number of benzene rings is 2. The molecule has 0 radical (unpaired) electrons. The number of nitrogens with one attached hydrogen (secondary N) is 1. The summed E-state index contributed by atoms with van der Waals surface area (Å²) in [4.78, 5) is 12.7. The number of rotatable bonds is 3. The summed E-state index contributed by atoms with van der Waals surface area (Å²) in [6.45, 7) is 0. The minimum atomic E-state index is -0.982. The monoisotopic (exact) mass is 372 g/mol. The molecule has 26 heavy (non-hydrogen) atoms. The number of carbonyl (C=O) groups is 1. The molecular weight excluding hydrogens is 355 g/mol. The van der Waals surface area contributed by atoms with Gasteiger partial charge in [-0.15, -0.1) is 12.4 Å². The van der Waals surface area contributed by atoms with E-state index in [2.05, 4.69) is 10.4 Å². The highest BCUT2D eigenvalue weighted by atomic mass is 35.5. The second kappa shape index (κ2) is 6.90. The molecule has 0 aliphatic heterocycles. The number of nitrogens with two attached hydrogens (primary N) is 1. The summed E-state index contributed by atoms with van der Waals surface area (Å²) in [5, 5.41) is 6.91. The second-order valence-electron chi connectivity index (χ2n) is 6.36. The molecule has 134 valence electrons. The Bertz CT molecular complexity index is 931. The number of anilines is 1. The predicted octanol–water partition coefficient (Wildman–Crippen LogP) is 2.87. The number of aromatic nitrogens is 2. The zero-order valence-corrected chi connectivity index (χ0v) is 14.7. The Morgan fingerprint density at radius 3 is 2.38 bits per heavy atom. The fraction of sp³-hybridized carbons (Fsp3) is 0.158. The van der Waals surface area contributed by atoms with E-state index in [9.17, 15) is 9.18 Å². The van der Waals surface area contributed by atoms with Crippen molar-refractivity contribution in [3.63, 3.8) is 0 Å². The van der Waals surface area contributed by atoms with E-state index < -0.39 is 5.54 Å². The zero-order valence-electron chi connectivity index (χ0n) is 13.9. The number of hydrogen-bond donors (Lipinski definition) is 2. The molecule has 0 unspecified atom stereocenters. The van der Waals surface area contributed by atoms with Gasteiger partial charge in [-0.1, -0.05) is 36.4 Å². The van der Waals surface area contributed by atoms with Crippen molar-refractivity contribution in [3.8, 4) is 5.69 Å². The van der Waals surface area contributed by atoms with Crippen molar-refractivity contribution in [1.29, 1.82) is 0 Å². The van der Waals surface area contributed by atoms with Crippen molar-refractivity contribution in [3.05, 3.63) is 77.9 Å². The van der Waals surface area contributed by atoms with Crippen molar-refractivity contribution in [2.45, 2.75) is 18.4 Å². The summed E-state index contributed by atoms with van der Waals surface area (Å²) in [5.74, 6) is -0.651. The first-order chi connectivity index (χ1) is 12.0. The van der Waals surface area contributed by atoms with Crippen LogP contribution in [0.1, 0.15) is 11.1 Å². The molecule has 4 rings (SSSR count). The molecule has 3 aromatic rings. The summed E-state index contributed by atoms with van der Waals surface area (Å²) < 4.78 is 15.2. The average Bonchev–Trinajstić information content (AvgIpc) is 3.19. The van der Waals surface area contributed by atoms with Gasteiger partial charge < -0.3 is 11.1 Å². The van der Waals surface area contributed by atoms with Gasteiger partial charge in [0.1, 0.15) is 17.0 Å². The Kier molecular flexibility index (Phi) is 4.80. The molecule has 1 aromatic heterocycles. The number of amides is 1. The van der Waals surface area contributed by atoms with Crippen LogP contribution in [0, 0.1) is 5.82 Å². The minimum absolute atomic E-state index is 0. The van der Waals surface area contributed by atoms with Crippen molar-refractivity contribution in [2.24, 2.45) is 5.73 Å². The van der Waals surface area contributed by atoms with E-state index in [1.165, 1.54) is 16.9 Å². The smallest absolute Gasteiger partial charge is 0.245 e. The van der Waals surface area contributed by atoms with E-state index in [0.29, 0.717) is 24.2 Å². The molecule has 0 saturated heterocycles. The van der Waals surface area contributed by atoms with Gasteiger partial charge in [0.25, 0.3) is 0 Å². The van der Waals surface area contributed by atoms with Crippen LogP contribution >= 0.6 is 12.4 Å². The Balaban J connectivity index is 0.00000196. The third-order valence-corrected chi connectivity index (χ3v) is 4.52.